The first-order chi connectivity index (χ1) is 15.8. The van der Waals surface area contributed by atoms with Crippen LogP contribution in [-0.2, 0) is 13.1 Å². The molecule has 0 radical (unpaired) electrons. The van der Waals surface area contributed by atoms with E-state index in [2.05, 4.69) is 47.7 Å². The summed E-state index contributed by atoms with van der Waals surface area (Å²) < 4.78 is 2.08. The number of hydrogen-bond acceptors (Lipinski definition) is 5. The normalized spacial score (nSPS) is 22.6. The van der Waals surface area contributed by atoms with E-state index in [1.54, 1.807) is 6.20 Å². The number of benzene rings is 1. The summed E-state index contributed by atoms with van der Waals surface area (Å²) in [6.45, 7) is 5.83. The van der Waals surface area contributed by atoms with Crippen molar-refractivity contribution in [2.24, 2.45) is 0 Å². The SMILES string of the molecule is O=C1c2ccc(C3CCN(Cc4cnc5ncccn45)CC3)cc2CN1C1CCCNC1. The van der Waals surface area contributed by atoms with Crippen molar-refractivity contribution in [2.45, 2.75) is 50.7 Å². The van der Waals surface area contributed by atoms with E-state index < -0.39 is 0 Å². The second-order valence-electron chi connectivity index (χ2n) is 9.44. The van der Waals surface area contributed by atoms with Gasteiger partial charge in [0.2, 0.25) is 5.78 Å². The average molecular weight is 431 g/mol. The molecule has 1 unspecified atom stereocenters. The van der Waals surface area contributed by atoms with Gasteiger partial charge in [0, 0.05) is 43.6 Å². The second kappa shape index (κ2) is 8.30. The maximum Gasteiger partial charge on any atom is 0.254 e. The molecule has 1 amide bonds. The molecule has 5 heterocycles. The van der Waals surface area contributed by atoms with Crippen LogP contribution < -0.4 is 5.32 Å². The van der Waals surface area contributed by atoms with Gasteiger partial charge in [-0.25, -0.2) is 9.97 Å². The van der Waals surface area contributed by atoms with Crippen LogP contribution >= 0.6 is 0 Å². The summed E-state index contributed by atoms with van der Waals surface area (Å²) in [5.41, 5.74) is 4.73. The minimum atomic E-state index is 0.220. The Hall–Kier alpha value is -2.77. The smallest absolute Gasteiger partial charge is 0.254 e. The minimum absolute atomic E-state index is 0.220. The van der Waals surface area contributed by atoms with E-state index in [0.29, 0.717) is 12.0 Å². The molecule has 7 heteroatoms. The van der Waals surface area contributed by atoms with Crippen LogP contribution in [0, 0.1) is 0 Å². The Labute approximate surface area is 188 Å². The lowest BCUT2D eigenvalue weighted by Crippen LogP contribution is -2.46. The largest absolute Gasteiger partial charge is 0.330 e. The number of carbonyl (C=O) groups is 1. The van der Waals surface area contributed by atoms with Gasteiger partial charge in [-0.3, -0.25) is 14.1 Å². The molecule has 0 bridgehead atoms. The summed E-state index contributed by atoms with van der Waals surface area (Å²) in [6, 6.07) is 8.90. The Balaban J connectivity index is 1.10. The Morgan fingerprint density at radius 3 is 2.88 bits per heavy atom. The molecular weight excluding hydrogens is 400 g/mol. The van der Waals surface area contributed by atoms with Crippen LogP contribution in [0.1, 0.15) is 58.8 Å². The number of nitrogens with one attached hydrogen (secondary N) is 1. The number of nitrogens with zero attached hydrogens (tertiary/aromatic N) is 5. The van der Waals surface area contributed by atoms with Crippen molar-refractivity contribution in [2.75, 3.05) is 26.2 Å². The number of likely N-dealkylation sites (tertiary alicyclic amines) is 1. The minimum Gasteiger partial charge on any atom is -0.330 e. The predicted molar refractivity (Wildman–Crippen MR) is 122 cm³/mol. The molecule has 2 fully saturated rings. The highest BCUT2D eigenvalue weighted by Gasteiger charge is 2.34. The third-order valence-electron chi connectivity index (χ3n) is 7.48. The molecule has 6 rings (SSSR count). The van der Waals surface area contributed by atoms with E-state index in [9.17, 15) is 4.79 Å². The van der Waals surface area contributed by atoms with Gasteiger partial charge in [-0.05, 0) is 74.5 Å². The van der Waals surface area contributed by atoms with Crippen LogP contribution in [0.3, 0.4) is 0 Å². The van der Waals surface area contributed by atoms with Crippen molar-refractivity contribution < 1.29 is 4.79 Å². The third-order valence-corrected chi connectivity index (χ3v) is 7.48. The summed E-state index contributed by atoms with van der Waals surface area (Å²) in [5.74, 6) is 1.56. The van der Waals surface area contributed by atoms with Gasteiger partial charge >= 0.3 is 0 Å². The molecule has 2 saturated heterocycles. The molecule has 3 aliphatic rings. The summed E-state index contributed by atoms with van der Waals surface area (Å²) in [4.78, 5) is 26.3. The van der Waals surface area contributed by atoms with Crippen molar-refractivity contribution in [3.05, 3.63) is 65.2 Å². The number of carbonyl (C=O) groups excluding carboxylic acids is 1. The van der Waals surface area contributed by atoms with E-state index in [-0.39, 0.29) is 5.91 Å². The first-order valence-corrected chi connectivity index (χ1v) is 11.9. The Bertz CT molecular complexity index is 1130. The van der Waals surface area contributed by atoms with Gasteiger partial charge in [-0.1, -0.05) is 12.1 Å². The van der Waals surface area contributed by atoms with E-state index in [1.165, 1.54) is 16.8 Å². The first kappa shape index (κ1) is 19.9. The van der Waals surface area contributed by atoms with Crippen molar-refractivity contribution in [1.29, 1.82) is 0 Å². The number of aromatic nitrogens is 3. The predicted octanol–water partition coefficient (Wildman–Crippen LogP) is 2.82. The molecule has 0 saturated carbocycles. The van der Waals surface area contributed by atoms with Gasteiger partial charge in [0.25, 0.3) is 5.91 Å². The number of hydrogen-bond donors (Lipinski definition) is 1. The lowest BCUT2D eigenvalue weighted by atomic mass is 9.88. The topological polar surface area (TPSA) is 65.8 Å². The lowest BCUT2D eigenvalue weighted by Gasteiger charge is -2.32. The van der Waals surface area contributed by atoms with Gasteiger partial charge in [0.15, 0.2) is 0 Å². The van der Waals surface area contributed by atoms with Gasteiger partial charge in [0.05, 0.1) is 11.9 Å². The standard InChI is InChI=1S/C25H30N6O/c32-24-23-5-4-19(13-20(23)16-31(24)21-3-1-8-26-14-21)18-6-11-29(12-7-18)17-22-15-28-25-27-9-2-10-30(22)25/h2,4-5,9-10,13,15,18,21,26H,1,3,6-8,11-12,14,16-17H2. The lowest BCUT2D eigenvalue weighted by molar-refractivity contribution is 0.0674. The zero-order chi connectivity index (χ0) is 21.5. The molecule has 0 aliphatic carbocycles. The maximum absolute atomic E-state index is 13.0. The second-order valence-corrected chi connectivity index (χ2v) is 9.44. The third kappa shape index (κ3) is 3.59. The summed E-state index contributed by atoms with van der Waals surface area (Å²) in [7, 11) is 0. The fourth-order valence-corrected chi connectivity index (χ4v) is 5.66. The zero-order valence-corrected chi connectivity index (χ0v) is 18.4. The van der Waals surface area contributed by atoms with Gasteiger partial charge in [-0.2, -0.15) is 0 Å². The van der Waals surface area contributed by atoms with Crippen LogP contribution in [0.5, 0.6) is 0 Å². The van der Waals surface area contributed by atoms with Crippen LogP contribution in [0.15, 0.2) is 42.9 Å². The molecule has 0 spiro atoms. The van der Waals surface area contributed by atoms with Gasteiger partial charge in [0.1, 0.15) is 0 Å². The highest BCUT2D eigenvalue weighted by molar-refractivity contribution is 5.98. The number of rotatable bonds is 4. The number of imidazole rings is 1. The van der Waals surface area contributed by atoms with Crippen LogP contribution in [-0.4, -0.2) is 62.3 Å². The van der Waals surface area contributed by atoms with E-state index >= 15 is 0 Å². The molecule has 3 aromatic rings. The van der Waals surface area contributed by atoms with E-state index in [1.807, 2.05) is 18.5 Å². The zero-order valence-electron chi connectivity index (χ0n) is 18.4. The molecule has 3 aliphatic heterocycles. The number of fused-ring (bicyclic) bond motifs is 2. The molecule has 166 valence electrons. The summed E-state index contributed by atoms with van der Waals surface area (Å²) >= 11 is 0. The quantitative estimate of drug-likeness (QED) is 0.690. The Kier molecular flexibility index (Phi) is 5.15. The molecular formula is C25H30N6O. The molecule has 1 N–H and O–H groups in total. The fraction of sp³-hybridized carbons (Fsp3) is 0.480. The molecule has 1 atom stereocenters. The fourth-order valence-electron chi connectivity index (χ4n) is 5.66. The van der Waals surface area contributed by atoms with Crippen LogP contribution in [0.25, 0.3) is 5.78 Å². The molecule has 1 aromatic carbocycles. The highest BCUT2D eigenvalue weighted by Crippen LogP contribution is 2.33. The summed E-state index contributed by atoms with van der Waals surface area (Å²) in [6.07, 6.45) is 10.3. The van der Waals surface area contributed by atoms with Gasteiger partial charge in [-0.15, -0.1) is 0 Å². The van der Waals surface area contributed by atoms with Crippen molar-refractivity contribution in [3.8, 4) is 0 Å². The van der Waals surface area contributed by atoms with Crippen molar-refractivity contribution in [1.82, 2.24) is 29.5 Å². The molecule has 2 aromatic heterocycles. The Morgan fingerprint density at radius 1 is 1.12 bits per heavy atom. The van der Waals surface area contributed by atoms with E-state index in [0.717, 1.165) is 76.3 Å². The number of amides is 1. The van der Waals surface area contributed by atoms with Crippen LogP contribution in [0.4, 0.5) is 0 Å². The first-order valence-electron chi connectivity index (χ1n) is 11.9. The molecule has 7 nitrogen and oxygen atoms in total. The number of piperidine rings is 2. The van der Waals surface area contributed by atoms with Crippen molar-refractivity contribution in [3.63, 3.8) is 0 Å². The van der Waals surface area contributed by atoms with Gasteiger partial charge < -0.3 is 10.2 Å². The Morgan fingerprint density at radius 2 is 2.03 bits per heavy atom. The average Bonchev–Trinajstić information content (AvgIpc) is 3.41. The maximum atomic E-state index is 13.0. The summed E-state index contributed by atoms with van der Waals surface area (Å²) in [5, 5.41) is 3.44. The van der Waals surface area contributed by atoms with Crippen molar-refractivity contribution >= 4 is 11.7 Å². The van der Waals surface area contributed by atoms with Crippen LogP contribution in [0.2, 0.25) is 0 Å². The monoisotopic (exact) mass is 430 g/mol. The highest BCUT2D eigenvalue weighted by atomic mass is 16.2. The van der Waals surface area contributed by atoms with E-state index in [4.69, 9.17) is 0 Å². The molecule has 32 heavy (non-hydrogen) atoms.